The van der Waals surface area contributed by atoms with Crippen molar-refractivity contribution in [2.45, 2.75) is 0 Å². The Balaban J connectivity index is 1.28. The molecule has 0 amide bonds. The molecule has 9 aromatic carbocycles. The van der Waals surface area contributed by atoms with Gasteiger partial charge in [-0.2, -0.15) is 0 Å². The van der Waals surface area contributed by atoms with Crippen LogP contribution in [0.5, 0.6) is 0 Å². The van der Waals surface area contributed by atoms with E-state index in [4.69, 9.17) is 4.42 Å². The number of hydrogen-bond acceptors (Lipinski definition) is 2. The molecular weight excluding hydrogens is 583 g/mol. The van der Waals surface area contributed by atoms with Gasteiger partial charge in [-0.1, -0.05) is 133 Å². The lowest BCUT2D eigenvalue weighted by atomic mass is 9.95. The minimum atomic E-state index is 0.905. The zero-order chi connectivity index (χ0) is 31.6. The molecule has 10 aromatic rings. The largest absolute Gasteiger partial charge is 0.456 e. The molecule has 0 spiro atoms. The van der Waals surface area contributed by atoms with Crippen LogP contribution in [0.15, 0.2) is 180 Å². The second-order valence-corrected chi connectivity index (χ2v) is 12.5. The standard InChI is InChI=1S/C46H29NO/c1-2-11-30(12-3-1)35-14-6-8-18-41(35)47(42-19-10-17-39-38(42)27-28-44-46(39)40-16-7-9-20-43(40)48-44)34-25-26-37-33(29-34)24-23-32-22-21-31-13-4-5-15-36(31)45(32)37/h1-29H. The fraction of sp³-hybridized carbons (Fsp3) is 0. The van der Waals surface area contributed by atoms with Gasteiger partial charge in [0.05, 0.1) is 11.4 Å². The molecule has 10 rings (SSSR count). The number of hydrogen-bond donors (Lipinski definition) is 0. The Morgan fingerprint density at radius 1 is 0.354 bits per heavy atom. The van der Waals surface area contributed by atoms with Gasteiger partial charge in [-0.15, -0.1) is 0 Å². The van der Waals surface area contributed by atoms with Gasteiger partial charge in [0, 0.05) is 27.4 Å². The Kier molecular flexibility index (Phi) is 5.91. The van der Waals surface area contributed by atoms with Crippen molar-refractivity contribution in [1.29, 1.82) is 0 Å². The van der Waals surface area contributed by atoms with Gasteiger partial charge in [-0.3, -0.25) is 0 Å². The first-order valence-electron chi connectivity index (χ1n) is 16.4. The molecule has 0 saturated carbocycles. The maximum atomic E-state index is 6.31. The van der Waals surface area contributed by atoms with Gasteiger partial charge >= 0.3 is 0 Å². The molecule has 0 fully saturated rings. The molecule has 0 atom stereocenters. The zero-order valence-electron chi connectivity index (χ0n) is 26.1. The molecule has 0 aliphatic rings. The SMILES string of the molecule is c1ccc(-c2ccccc2N(c2ccc3c(ccc4ccc5ccccc5c43)c2)c2cccc3c2ccc2oc4ccccc4c23)cc1. The predicted molar refractivity (Wildman–Crippen MR) is 204 cm³/mol. The van der Waals surface area contributed by atoms with E-state index in [0.717, 1.165) is 39.0 Å². The summed E-state index contributed by atoms with van der Waals surface area (Å²) in [6.07, 6.45) is 0. The summed E-state index contributed by atoms with van der Waals surface area (Å²) in [7, 11) is 0. The summed E-state index contributed by atoms with van der Waals surface area (Å²) in [4.78, 5) is 2.44. The van der Waals surface area contributed by atoms with Crippen LogP contribution in [0.25, 0.3) is 76.2 Å². The monoisotopic (exact) mass is 611 g/mol. The number of nitrogens with zero attached hydrogens (tertiary/aromatic N) is 1. The predicted octanol–water partition coefficient (Wildman–Crippen LogP) is 13.3. The molecule has 48 heavy (non-hydrogen) atoms. The van der Waals surface area contributed by atoms with E-state index in [1.807, 2.05) is 6.07 Å². The Morgan fingerprint density at radius 3 is 1.94 bits per heavy atom. The highest BCUT2D eigenvalue weighted by Gasteiger charge is 2.21. The van der Waals surface area contributed by atoms with Crippen molar-refractivity contribution in [2.75, 3.05) is 4.90 Å². The molecule has 2 nitrogen and oxygen atoms in total. The Morgan fingerprint density at radius 2 is 1.02 bits per heavy atom. The molecule has 0 unspecified atom stereocenters. The topological polar surface area (TPSA) is 16.4 Å². The van der Waals surface area contributed by atoms with E-state index >= 15 is 0 Å². The average Bonchev–Trinajstić information content (AvgIpc) is 3.55. The van der Waals surface area contributed by atoms with Crippen LogP contribution in [0.3, 0.4) is 0 Å². The van der Waals surface area contributed by atoms with E-state index in [1.165, 1.54) is 54.2 Å². The second kappa shape index (κ2) is 10.6. The van der Waals surface area contributed by atoms with Crippen molar-refractivity contribution in [3.8, 4) is 11.1 Å². The van der Waals surface area contributed by atoms with Crippen LogP contribution < -0.4 is 4.90 Å². The average molecular weight is 612 g/mol. The van der Waals surface area contributed by atoms with Gasteiger partial charge in [-0.05, 0) is 85.7 Å². The molecule has 0 aliphatic heterocycles. The van der Waals surface area contributed by atoms with Crippen molar-refractivity contribution >= 4 is 82.1 Å². The summed E-state index contributed by atoms with van der Waals surface area (Å²) in [6.45, 7) is 0. The van der Waals surface area contributed by atoms with E-state index in [0.29, 0.717) is 0 Å². The van der Waals surface area contributed by atoms with E-state index in [2.05, 4.69) is 175 Å². The van der Waals surface area contributed by atoms with Crippen LogP contribution in [-0.4, -0.2) is 0 Å². The van der Waals surface area contributed by atoms with Crippen LogP contribution in [-0.2, 0) is 0 Å². The van der Waals surface area contributed by atoms with Gasteiger partial charge in [0.15, 0.2) is 0 Å². The van der Waals surface area contributed by atoms with Crippen molar-refractivity contribution in [3.05, 3.63) is 176 Å². The highest BCUT2D eigenvalue weighted by atomic mass is 16.3. The van der Waals surface area contributed by atoms with Crippen LogP contribution in [0.1, 0.15) is 0 Å². The summed E-state index contributed by atoms with van der Waals surface area (Å²) < 4.78 is 6.31. The molecule has 0 saturated heterocycles. The molecule has 224 valence electrons. The first-order chi connectivity index (χ1) is 23.8. The van der Waals surface area contributed by atoms with Gasteiger partial charge in [0.2, 0.25) is 0 Å². The number of rotatable bonds is 4. The van der Waals surface area contributed by atoms with Gasteiger partial charge < -0.3 is 9.32 Å². The molecule has 0 radical (unpaired) electrons. The molecule has 2 heteroatoms. The summed E-state index contributed by atoms with van der Waals surface area (Å²) in [5.41, 5.74) is 7.52. The summed E-state index contributed by atoms with van der Waals surface area (Å²) in [5, 5.41) is 12.2. The van der Waals surface area contributed by atoms with Crippen molar-refractivity contribution in [2.24, 2.45) is 0 Å². The summed E-state index contributed by atoms with van der Waals surface area (Å²) in [6, 6.07) is 63.4. The zero-order valence-corrected chi connectivity index (χ0v) is 26.1. The number of anilines is 3. The lowest BCUT2D eigenvalue weighted by molar-refractivity contribution is 0.669. The maximum absolute atomic E-state index is 6.31. The van der Waals surface area contributed by atoms with Crippen LogP contribution in [0.2, 0.25) is 0 Å². The number of fused-ring (bicyclic) bond motifs is 10. The lowest BCUT2D eigenvalue weighted by Gasteiger charge is -2.29. The second-order valence-electron chi connectivity index (χ2n) is 12.5. The smallest absolute Gasteiger partial charge is 0.136 e. The maximum Gasteiger partial charge on any atom is 0.136 e. The third-order valence-electron chi connectivity index (χ3n) is 9.81. The van der Waals surface area contributed by atoms with Crippen molar-refractivity contribution in [3.63, 3.8) is 0 Å². The van der Waals surface area contributed by atoms with Crippen molar-refractivity contribution < 1.29 is 4.42 Å². The molecule has 0 bridgehead atoms. The first kappa shape index (κ1) is 26.8. The molecular formula is C46H29NO. The molecule has 1 heterocycles. The summed E-state index contributed by atoms with van der Waals surface area (Å²) in [5.74, 6) is 0. The Hall–Kier alpha value is -6.38. The first-order valence-corrected chi connectivity index (χ1v) is 16.4. The third kappa shape index (κ3) is 4.06. The van der Waals surface area contributed by atoms with Crippen molar-refractivity contribution in [1.82, 2.24) is 0 Å². The quantitative estimate of drug-likeness (QED) is 0.184. The highest BCUT2D eigenvalue weighted by Crippen LogP contribution is 2.46. The minimum absolute atomic E-state index is 0.905. The van der Waals surface area contributed by atoms with Crippen LogP contribution in [0, 0.1) is 0 Å². The summed E-state index contributed by atoms with van der Waals surface area (Å²) >= 11 is 0. The number of furan rings is 1. The number of para-hydroxylation sites is 2. The van der Waals surface area contributed by atoms with E-state index in [-0.39, 0.29) is 0 Å². The van der Waals surface area contributed by atoms with Crippen LogP contribution >= 0.6 is 0 Å². The number of benzene rings is 9. The third-order valence-corrected chi connectivity index (χ3v) is 9.81. The Labute approximate surface area is 277 Å². The van der Waals surface area contributed by atoms with E-state index in [1.54, 1.807) is 0 Å². The van der Waals surface area contributed by atoms with Gasteiger partial charge in [0.1, 0.15) is 11.2 Å². The molecule has 1 aromatic heterocycles. The lowest BCUT2D eigenvalue weighted by Crippen LogP contribution is -2.11. The highest BCUT2D eigenvalue weighted by molar-refractivity contribution is 6.22. The molecule has 0 aliphatic carbocycles. The van der Waals surface area contributed by atoms with E-state index < -0.39 is 0 Å². The van der Waals surface area contributed by atoms with E-state index in [9.17, 15) is 0 Å². The normalized spacial score (nSPS) is 11.8. The Bertz CT molecular complexity index is 2850. The van der Waals surface area contributed by atoms with Crippen LogP contribution in [0.4, 0.5) is 17.1 Å². The minimum Gasteiger partial charge on any atom is -0.456 e. The van der Waals surface area contributed by atoms with Gasteiger partial charge in [-0.25, -0.2) is 0 Å². The fourth-order valence-corrected chi connectivity index (χ4v) is 7.66. The fourth-order valence-electron chi connectivity index (χ4n) is 7.66. The molecule has 0 N–H and O–H groups in total. The van der Waals surface area contributed by atoms with Gasteiger partial charge in [0.25, 0.3) is 0 Å².